The molecule has 1 aromatic carbocycles. The summed E-state index contributed by atoms with van der Waals surface area (Å²) < 4.78 is 44.4. The van der Waals surface area contributed by atoms with Crippen LogP contribution in [0.3, 0.4) is 0 Å². The number of carbonyl (C=O) groups excluding carboxylic acids is 1. The molecule has 22 heavy (non-hydrogen) atoms. The number of rotatable bonds is 2. The van der Waals surface area contributed by atoms with Crippen molar-refractivity contribution in [2.24, 2.45) is 0 Å². The maximum Gasteiger partial charge on any atom is 0.416 e. The summed E-state index contributed by atoms with van der Waals surface area (Å²) >= 11 is 0. The average molecular weight is 310 g/mol. The van der Waals surface area contributed by atoms with Crippen molar-refractivity contribution >= 4 is 11.5 Å². The highest BCUT2D eigenvalue weighted by Crippen LogP contribution is 2.36. The minimum absolute atomic E-state index is 0.138. The Balaban J connectivity index is 2.02. The predicted octanol–water partition coefficient (Wildman–Crippen LogP) is 3.53. The van der Waals surface area contributed by atoms with Gasteiger partial charge in [-0.1, -0.05) is 0 Å². The third kappa shape index (κ3) is 2.98. The normalized spacial score (nSPS) is 16.1. The number of Topliss-reactive ketones (excluding diaryl/α,β-unsaturated/α-hetero) is 1. The molecule has 0 radical (unpaired) electrons. The molecule has 2 heterocycles. The molecular formula is C15H13F3N2O2. The van der Waals surface area contributed by atoms with Crippen LogP contribution in [0.2, 0.25) is 0 Å². The van der Waals surface area contributed by atoms with E-state index in [1.807, 2.05) is 0 Å². The van der Waals surface area contributed by atoms with Crippen LogP contribution in [0.4, 0.5) is 18.9 Å². The number of nitrogens with zero attached hydrogens (tertiary/aromatic N) is 2. The molecule has 0 aliphatic carbocycles. The van der Waals surface area contributed by atoms with Gasteiger partial charge in [0.25, 0.3) is 0 Å². The largest absolute Gasteiger partial charge is 0.444 e. The summed E-state index contributed by atoms with van der Waals surface area (Å²) in [5.74, 6) is 0.416. The predicted molar refractivity (Wildman–Crippen MR) is 73.4 cm³/mol. The van der Waals surface area contributed by atoms with Crippen LogP contribution < -0.4 is 4.90 Å². The first-order valence-electron chi connectivity index (χ1n) is 6.81. The van der Waals surface area contributed by atoms with Crippen LogP contribution in [0.25, 0.3) is 11.3 Å². The number of oxazole rings is 1. The number of aromatic nitrogens is 1. The van der Waals surface area contributed by atoms with E-state index in [2.05, 4.69) is 4.98 Å². The summed E-state index contributed by atoms with van der Waals surface area (Å²) in [4.78, 5) is 16.8. The molecule has 7 heteroatoms. The van der Waals surface area contributed by atoms with Gasteiger partial charge >= 0.3 is 6.18 Å². The summed E-state index contributed by atoms with van der Waals surface area (Å²) in [5.41, 5.74) is 0.0150. The third-order valence-corrected chi connectivity index (χ3v) is 3.65. The summed E-state index contributed by atoms with van der Waals surface area (Å²) in [5, 5.41) is 0. The maximum absolute atomic E-state index is 13.1. The van der Waals surface area contributed by atoms with E-state index >= 15 is 0 Å². The first-order valence-corrected chi connectivity index (χ1v) is 6.81. The van der Waals surface area contributed by atoms with Crippen molar-refractivity contribution < 1.29 is 22.4 Å². The number of hydrogen-bond donors (Lipinski definition) is 0. The molecule has 0 unspecified atom stereocenters. The van der Waals surface area contributed by atoms with E-state index < -0.39 is 11.7 Å². The molecule has 0 bridgehead atoms. The van der Waals surface area contributed by atoms with Crippen LogP contribution in [-0.2, 0) is 11.0 Å². The SMILES string of the molecule is O=C1CCN(c2cc(-c3cnco3)cc(C(F)(F)F)c2)CC1. The maximum atomic E-state index is 13.1. The van der Waals surface area contributed by atoms with Crippen LogP contribution in [0.15, 0.2) is 35.2 Å². The number of benzene rings is 1. The van der Waals surface area contributed by atoms with E-state index in [0.717, 1.165) is 12.1 Å². The lowest BCUT2D eigenvalue weighted by Gasteiger charge is -2.29. The van der Waals surface area contributed by atoms with Gasteiger partial charge in [-0.05, 0) is 18.2 Å². The second kappa shape index (κ2) is 5.47. The number of hydrogen-bond acceptors (Lipinski definition) is 4. The van der Waals surface area contributed by atoms with Gasteiger partial charge in [-0.25, -0.2) is 4.98 Å². The number of halogens is 3. The van der Waals surface area contributed by atoms with Gasteiger partial charge in [-0.15, -0.1) is 0 Å². The van der Waals surface area contributed by atoms with Gasteiger partial charge in [0.2, 0.25) is 0 Å². The molecule has 116 valence electrons. The molecule has 2 aromatic rings. The van der Waals surface area contributed by atoms with E-state index in [-0.39, 0.29) is 11.5 Å². The molecule has 1 fully saturated rings. The minimum Gasteiger partial charge on any atom is -0.444 e. The molecule has 1 aromatic heterocycles. The Morgan fingerprint density at radius 2 is 1.86 bits per heavy atom. The zero-order valence-corrected chi connectivity index (χ0v) is 11.6. The molecular weight excluding hydrogens is 297 g/mol. The Morgan fingerprint density at radius 1 is 1.14 bits per heavy atom. The Bertz CT molecular complexity index is 671. The molecule has 1 saturated heterocycles. The van der Waals surface area contributed by atoms with E-state index in [1.165, 1.54) is 12.6 Å². The third-order valence-electron chi connectivity index (χ3n) is 3.65. The van der Waals surface area contributed by atoms with Crippen molar-refractivity contribution in [3.05, 3.63) is 36.4 Å². The zero-order valence-electron chi connectivity index (χ0n) is 11.6. The summed E-state index contributed by atoms with van der Waals surface area (Å²) in [7, 11) is 0. The summed E-state index contributed by atoms with van der Waals surface area (Å²) in [6.45, 7) is 0.853. The fourth-order valence-electron chi connectivity index (χ4n) is 2.47. The molecule has 1 aliphatic heterocycles. The van der Waals surface area contributed by atoms with Gasteiger partial charge in [0.05, 0.1) is 11.8 Å². The van der Waals surface area contributed by atoms with E-state index in [4.69, 9.17) is 4.42 Å². The molecule has 0 spiro atoms. The van der Waals surface area contributed by atoms with Crippen molar-refractivity contribution in [2.75, 3.05) is 18.0 Å². The lowest BCUT2D eigenvalue weighted by Crippen LogP contribution is -2.33. The highest BCUT2D eigenvalue weighted by molar-refractivity contribution is 5.81. The first kappa shape index (κ1) is 14.6. The lowest BCUT2D eigenvalue weighted by atomic mass is 10.0. The molecule has 3 rings (SSSR count). The molecule has 0 amide bonds. The highest BCUT2D eigenvalue weighted by Gasteiger charge is 2.32. The van der Waals surface area contributed by atoms with Crippen molar-refractivity contribution in [2.45, 2.75) is 19.0 Å². The minimum atomic E-state index is -4.45. The standard InChI is InChI=1S/C15H13F3N2O2/c16-15(17,18)11-5-10(14-8-19-9-22-14)6-12(7-11)20-3-1-13(21)2-4-20/h5-9H,1-4H2. The fraction of sp³-hybridized carbons (Fsp3) is 0.333. The monoisotopic (exact) mass is 310 g/mol. The summed E-state index contributed by atoms with van der Waals surface area (Å²) in [6, 6.07) is 3.78. The van der Waals surface area contributed by atoms with Crippen LogP contribution in [0, 0.1) is 0 Å². The van der Waals surface area contributed by atoms with E-state index in [1.54, 1.807) is 11.0 Å². The summed E-state index contributed by atoms with van der Waals surface area (Å²) in [6.07, 6.45) is -1.19. The first-order chi connectivity index (χ1) is 10.4. The van der Waals surface area contributed by atoms with Crippen molar-refractivity contribution in [1.82, 2.24) is 4.98 Å². The Hall–Kier alpha value is -2.31. The molecule has 0 N–H and O–H groups in total. The Kier molecular flexibility index (Phi) is 3.64. The number of ketones is 1. The topological polar surface area (TPSA) is 46.3 Å². The van der Waals surface area contributed by atoms with Crippen LogP contribution >= 0.6 is 0 Å². The molecule has 0 atom stereocenters. The number of carbonyl (C=O) groups is 1. The Labute approximate surface area is 124 Å². The smallest absolute Gasteiger partial charge is 0.416 e. The second-order valence-electron chi connectivity index (χ2n) is 5.16. The number of piperidine rings is 1. The zero-order chi connectivity index (χ0) is 15.7. The number of anilines is 1. The van der Waals surface area contributed by atoms with Gasteiger partial charge < -0.3 is 9.32 Å². The van der Waals surface area contributed by atoms with E-state index in [0.29, 0.717) is 37.2 Å². The van der Waals surface area contributed by atoms with Crippen molar-refractivity contribution in [1.29, 1.82) is 0 Å². The van der Waals surface area contributed by atoms with Crippen molar-refractivity contribution in [3.63, 3.8) is 0 Å². The highest BCUT2D eigenvalue weighted by atomic mass is 19.4. The van der Waals surface area contributed by atoms with Crippen molar-refractivity contribution in [3.8, 4) is 11.3 Å². The van der Waals surface area contributed by atoms with Gasteiger partial charge in [-0.3, -0.25) is 4.79 Å². The second-order valence-corrected chi connectivity index (χ2v) is 5.16. The van der Waals surface area contributed by atoms with Gasteiger partial charge in [0.15, 0.2) is 12.2 Å². The molecule has 4 nitrogen and oxygen atoms in total. The average Bonchev–Trinajstić information content (AvgIpc) is 3.01. The quantitative estimate of drug-likeness (QED) is 0.851. The molecule has 1 aliphatic rings. The fourth-order valence-corrected chi connectivity index (χ4v) is 2.47. The lowest BCUT2D eigenvalue weighted by molar-refractivity contribution is -0.137. The van der Waals surface area contributed by atoms with Crippen LogP contribution in [0.1, 0.15) is 18.4 Å². The van der Waals surface area contributed by atoms with Crippen LogP contribution in [-0.4, -0.2) is 23.9 Å². The van der Waals surface area contributed by atoms with Crippen LogP contribution in [0.5, 0.6) is 0 Å². The number of alkyl halides is 3. The van der Waals surface area contributed by atoms with Gasteiger partial charge in [0, 0.05) is 37.2 Å². The van der Waals surface area contributed by atoms with E-state index in [9.17, 15) is 18.0 Å². The van der Waals surface area contributed by atoms with Gasteiger partial charge in [0.1, 0.15) is 5.78 Å². The van der Waals surface area contributed by atoms with Gasteiger partial charge in [-0.2, -0.15) is 13.2 Å². The Morgan fingerprint density at radius 3 is 2.45 bits per heavy atom. The molecule has 0 saturated carbocycles.